The maximum absolute atomic E-state index is 14.5. The van der Waals surface area contributed by atoms with Crippen molar-refractivity contribution in [1.82, 2.24) is 24.2 Å². The molecule has 1 saturated carbocycles. The SMILES string of the molecule is Cc1ccc(NC(=O)C2CCN(Cn3nc(-c4ccccc4F)n(C4CC4)c3=S)CC2)nc1. The average Bonchev–Trinajstić information content (AvgIpc) is 3.60. The molecule has 1 aliphatic heterocycles. The van der Waals surface area contributed by atoms with E-state index in [2.05, 4.69) is 15.2 Å². The number of aryl methyl sites for hydroxylation is 1. The van der Waals surface area contributed by atoms with E-state index in [-0.39, 0.29) is 17.6 Å². The number of hydrogen-bond donors (Lipinski definition) is 1. The van der Waals surface area contributed by atoms with Crippen LogP contribution in [-0.2, 0) is 11.5 Å². The number of carbonyl (C=O) groups excluding carboxylic acids is 1. The molecule has 1 aromatic carbocycles. The molecule has 0 atom stereocenters. The summed E-state index contributed by atoms with van der Waals surface area (Å²) in [5.41, 5.74) is 1.54. The van der Waals surface area contributed by atoms with E-state index in [0.717, 1.165) is 44.3 Å². The number of benzene rings is 1. The van der Waals surface area contributed by atoms with Gasteiger partial charge in [0.25, 0.3) is 0 Å². The van der Waals surface area contributed by atoms with Gasteiger partial charge in [-0.3, -0.25) is 14.3 Å². The van der Waals surface area contributed by atoms with E-state index in [4.69, 9.17) is 17.3 Å². The van der Waals surface area contributed by atoms with Gasteiger partial charge in [-0.05, 0) is 68.6 Å². The number of likely N-dealkylation sites (tertiary alicyclic amines) is 1. The van der Waals surface area contributed by atoms with Crippen molar-refractivity contribution in [2.24, 2.45) is 5.92 Å². The lowest BCUT2D eigenvalue weighted by Crippen LogP contribution is -2.39. The van der Waals surface area contributed by atoms with Gasteiger partial charge in [0.2, 0.25) is 5.91 Å². The van der Waals surface area contributed by atoms with Gasteiger partial charge in [-0.1, -0.05) is 18.2 Å². The second-order valence-corrected chi connectivity index (χ2v) is 9.30. The number of amides is 1. The minimum atomic E-state index is -0.290. The summed E-state index contributed by atoms with van der Waals surface area (Å²) in [6.07, 6.45) is 5.34. The topological polar surface area (TPSA) is 68.0 Å². The lowest BCUT2D eigenvalue weighted by molar-refractivity contribution is -0.121. The molecule has 0 radical (unpaired) electrons. The molecule has 2 fully saturated rings. The summed E-state index contributed by atoms with van der Waals surface area (Å²) in [4.78, 5) is 19.2. The Balaban J connectivity index is 1.25. The molecule has 172 valence electrons. The van der Waals surface area contributed by atoms with Gasteiger partial charge in [-0.25, -0.2) is 14.1 Å². The standard InChI is InChI=1S/C24H27FN6OS/c1-16-6-9-21(26-14-16)27-23(32)17-10-12-29(13-11-17)15-30-24(33)31(18-7-8-18)22(28-30)19-4-2-3-5-20(19)25/h2-6,9,14,17-18H,7-8,10-13,15H2,1H3,(H,26,27,32). The molecule has 1 saturated heterocycles. The Morgan fingerprint density at radius 1 is 1.15 bits per heavy atom. The third-order valence-electron chi connectivity index (χ3n) is 6.35. The van der Waals surface area contributed by atoms with Crippen LogP contribution in [0.5, 0.6) is 0 Å². The van der Waals surface area contributed by atoms with Gasteiger partial charge in [0.15, 0.2) is 10.6 Å². The normalized spacial score (nSPS) is 17.3. The molecule has 0 bridgehead atoms. The van der Waals surface area contributed by atoms with E-state index in [9.17, 15) is 9.18 Å². The fourth-order valence-corrected chi connectivity index (χ4v) is 4.63. The molecule has 9 heteroatoms. The molecule has 1 aliphatic carbocycles. The van der Waals surface area contributed by atoms with Gasteiger partial charge in [0.05, 0.1) is 12.2 Å². The molecule has 7 nitrogen and oxygen atoms in total. The average molecular weight is 467 g/mol. The van der Waals surface area contributed by atoms with Crippen LogP contribution in [0.1, 0.15) is 37.3 Å². The molecule has 5 rings (SSSR count). The van der Waals surface area contributed by atoms with Crippen molar-refractivity contribution < 1.29 is 9.18 Å². The Hall–Kier alpha value is -2.91. The number of nitrogens with one attached hydrogen (secondary N) is 1. The van der Waals surface area contributed by atoms with E-state index in [1.807, 2.05) is 29.7 Å². The highest BCUT2D eigenvalue weighted by Crippen LogP contribution is 2.39. The minimum Gasteiger partial charge on any atom is -0.310 e. The van der Waals surface area contributed by atoms with Gasteiger partial charge in [-0.2, -0.15) is 5.10 Å². The van der Waals surface area contributed by atoms with Gasteiger partial charge in [0, 0.05) is 31.2 Å². The van der Waals surface area contributed by atoms with Crippen LogP contribution in [0, 0.1) is 23.4 Å². The van der Waals surface area contributed by atoms with Crippen molar-refractivity contribution in [1.29, 1.82) is 0 Å². The third-order valence-corrected chi connectivity index (χ3v) is 6.76. The van der Waals surface area contributed by atoms with Crippen LogP contribution in [0.25, 0.3) is 11.4 Å². The summed E-state index contributed by atoms with van der Waals surface area (Å²) in [5, 5.41) is 7.64. The Bertz CT molecular complexity index is 1210. The Morgan fingerprint density at radius 3 is 2.58 bits per heavy atom. The number of aromatic nitrogens is 4. The number of halogens is 1. The highest BCUT2D eigenvalue weighted by Gasteiger charge is 2.31. The summed E-state index contributed by atoms with van der Waals surface area (Å²) < 4.78 is 18.9. The fourth-order valence-electron chi connectivity index (χ4n) is 4.30. The van der Waals surface area contributed by atoms with Crippen LogP contribution >= 0.6 is 12.2 Å². The molecular weight excluding hydrogens is 439 g/mol. The molecule has 1 amide bonds. The van der Waals surface area contributed by atoms with Crippen LogP contribution < -0.4 is 5.32 Å². The smallest absolute Gasteiger partial charge is 0.228 e. The van der Waals surface area contributed by atoms with Gasteiger partial charge in [-0.15, -0.1) is 0 Å². The van der Waals surface area contributed by atoms with Crippen LogP contribution in [-0.4, -0.2) is 43.2 Å². The second-order valence-electron chi connectivity index (χ2n) is 8.93. The first-order chi connectivity index (χ1) is 16.0. The lowest BCUT2D eigenvalue weighted by atomic mass is 9.96. The van der Waals surface area contributed by atoms with E-state index in [1.54, 1.807) is 23.0 Å². The van der Waals surface area contributed by atoms with E-state index in [1.165, 1.54) is 6.07 Å². The fraction of sp³-hybridized carbons (Fsp3) is 0.417. The monoisotopic (exact) mass is 466 g/mol. The van der Waals surface area contributed by atoms with Crippen molar-refractivity contribution in [3.05, 3.63) is 58.7 Å². The van der Waals surface area contributed by atoms with E-state index < -0.39 is 0 Å². The number of hydrogen-bond acceptors (Lipinski definition) is 5. The first kappa shape index (κ1) is 21.9. The summed E-state index contributed by atoms with van der Waals surface area (Å²) >= 11 is 5.73. The summed E-state index contributed by atoms with van der Waals surface area (Å²) in [6.45, 7) is 4.04. The molecule has 3 heterocycles. The quantitative estimate of drug-likeness (QED) is 0.539. The first-order valence-corrected chi connectivity index (χ1v) is 11.8. The Kier molecular flexibility index (Phi) is 6.07. The van der Waals surface area contributed by atoms with Crippen LogP contribution in [0.4, 0.5) is 10.2 Å². The van der Waals surface area contributed by atoms with Crippen molar-refractivity contribution in [2.45, 2.75) is 45.3 Å². The number of pyridine rings is 1. The van der Waals surface area contributed by atoms with Crippen LogP contribution in [0.15, 0.2) is 42.6 Å². The zero-order valence-electron chi connectivity index (χ0n) is 18.6. The molecule has 2 aromatic heterocycles. The molecule has 1 N–H and O–H groups in total. The second kappa shape index (κ2) is 9.15. The Morgan fingerprint density at radius 2 is 1.91 bits per heavy atom. The number of rotatable bonds is 6. The van der Waals surface area contributed by atoms with Crippen molar-refractivity contribution in [3.63, 3.8) is 0 Å². The molecule has 3 aromatic rings. The van der Waals surface area contributed by atoms with Crippen LogP contribution in [0.2, 0.25) is 0 Å². The van der Waals surface area contributed by atoms with Gasteiger partial charge >= 0.3 is 0 Å². The maximum atomic E-state index is 14.5. The summed E-state index contributed by atoms with van der Waals surface area (Å²) in [6, 6.07) is 10.8. The number of carbonyl (C=O) groups is 1. The minimum absolute atomic E-state index is 0.0162. The number of anilines is 1. The molecule has 0 unspecified atom stereocenters. The van der Waals surface area contributed by atoms with Gasteiger partial charge in [0.1, 0.15) is 11.6 Å². The van der Waals surface area contributed by atoms with Crippen LogP contribution in [0.3, 0.4) is 0 Å². The number of piperidine rings is 1. The highest BCUT2D eigenvalue weighted by molar-refractivity contribution is 7.71. The Labute approximate surface area is 197 Å². The number of nitrogens with zero attached hydrogens (tertiary/aromatic N) is 5. The summed E-state index contributed by atoms with van der Waals surface area (Å²) in [5.74, 6) is 0.866. The first-order valence-electron chi connectivity index (χ1n) is 11.4. The van der Waals surface area contributed by atoms with Crippen molar-refractivity contribution >= 4 is 23.9 Å². The third kappa shape index (κ3) is 4.74. The lowest BCUT2D eigenvalue weighted by Gasteiger charge is -2.30. The maximum Gasteiger partial charge on any atom is 0.228 e. The predicted octanol–water partition coefficient (Wildman–Crippen LogP) is 4.57. The molecular formula is C24H27FN6OS. The highest BCUT2D eigenvalue weighted by atomic mass is 32.1. The van der Waals surface area contributed by atoms with Gasteiger partial charge < -0.3 is 5.32 Å². The van der Waals surface area contributed by atoms with Crippen molar-refractivity contribution in [2.75, 3.05) is 18.4 Å². The molecule has 0 spiro atoms. The molecule has 33 heavy (non-hydrogen) atoms. The zero-order chi connectivity index (χ0) is 22.9. The van der Waals surface area contributed by atoms with E-state index >= 15 is 0 Å². The summed E-state index contributed by atoms with van der Waals surface area (Å²) in [7, 11) is 0. The predicted molar refractivity (Wildman–Crippen MR) is 127 cm³/mol. The van der Waals surface area contributed by atoms with E-state index in [0.29, 0.717) is 34.7 Å². The zero-order valence-corrected chi connectivity index (χ0v) is 19.4. The largest absolute Gasteiger partial charge is 0.310 e. The molecule has 2 aliphatic rings. The van der Waals surface area contributed by atoms with Crippen molar-refractivity contribution in [3.8, 4) is 11.4 Å².